The molecule has 1 aliphatic rings. The van der Waals surface area contributed by atoms with Gasteiger partial charge in [0, 0.05) is 56.9 Å². The average molecular weight is 436 g/mol. The molecule has 4 rings (SSSR count). The minimum atomic E-state index is -0.497. The summed E-state index contributed by atoms with van der Waals surface area (Å²) in [5.41, 5.74) is 1.07. The molecule has 32 heavy (non-hydrogen) atoms. The summed E-state index contributed by atoms with van der Waals surface area (Å²) < 4.78 is 14.7. The summed E-state index contributed by atoms with van der Waals surface area (Å²) in [7, 11) is 3.13. The number of aromatic nitrogens is 2. The molecular weight excluding hydrogens is 415 g/mol. The molecule has 8 nitrogen and oxygen atoms in total. The molecule has 3 heterocycles. The van der Waals surface area contributed by atoms with Crippen LogP contribution in [0.2, 0.25) is 0 Å². The molecule has 0 bridgehead atoms. The van der Waals surface area contributed by atoms with E-state index in [1.54, 1.807) is 25.2 Å². The van der Waals surface area contributed by atoms with Crippen LogP contribution in [-0.2, 0) is 13.0 Å². The molecule has 164 valence electrons. The molecule has 0 spiro atoms. The normalized spacial score (nSPS) is 12.9. The van der Waals surface area contributed by atoms with Crippen LogP contribution in [0.1, 0.15) is 31.8 Å². The maximum atomic E-state index is 13.4. The van der Waals surface area contributed by atoms with Crippen molar-refractivity contribution in [2.45, 2.75) is 13.0 Å². The lowest BCUT2D eigenvalue weighted by atomic mass is 9.95. The van der Waals surface area contributed by atoms with Crippen molar-refractivity contribution in [1.82, 2.24) is 19.4 Å². The third-order valence-corrected chi connectivity index (χ3v) is 5.43. The van der Waals surface area contributed by atoms with Gasteiger partial charge in [0.25, 0.3) is 17.4 Å². The Balaban J connectivity index is 1.82. The zero-order valence-corrected chi connectivity index (χ0v) is 17.6. The third kappa shape index (κ3) is 3.84. The molecule has 0 aliphatic carbocycles. The standard InChI is InChI=1S/C23H21FN4O4/c1-26(2)22(31)20-18-8-10-27(21(30)14-7-9-25-19(29)11-14)12-15(18)13-28(23(20)32)17-5-3-16(24)4-6-17/h3-7,9,11,13H,8,10,12H2,1-2H3,(H,25,29). The van der Waals surface area contributed by atoms with E-state index in [1.807, 2.05) is 0 Å². The number of halogens is 1. The van der Waals surface area contributed by atoms with Gasteiger partial charge >= 0.3 is 0 Å². The second-order valence-electron chi connectivity index (χ2n) is 7.78. The van der Waals surface area contributed by atoms with Crippen molar-refractivity contribution in [3.8, 4) is 5.69 Å². The summed E-state index contributed by atoms with van der Waals surface area (Å²) in [6.07, 6.45) is 3.32. The number of amides is 2. The second kappa shape index (κ2) is 8.26. The maximum absolute atomic E-state index is 13.4. The van der Waals surface area contributed by atoms with Crippen molar-refractivity contribution in [3.05, 3.63) is 97.6 Å². The fraction of sp³-hybridized carbons (Fsp3) is 0.217. The first kappa shape index (κ1) is 21.2. The molecule has 0 saturated heterocycles. The van der Waals surface area contributed by atoms with E-state index in [2.05, 4.69) is 4.98 Å². The smallest absolute Gasteiger partial charge is 0.268 e. The number of pyridine rings is 2. The molecule has 1 aliphatic heterocycles. The Hall–Kier alpha value is -4.01. The monoisotopic (exact) mass is 436 g/mol. The summed E-state index contributed by atoms with van der Waals surface area (Å²) in [6.45, 7) is 0.461. The van der Waals surface area contributed by atoms with Crippen LogP contribution in [0.5, 0.6) is 0 Å². The molecule has 0 saturated carbocycles. The van der Waals surface area contributed by atoms with Crippen molar-refractivity contribution in [1.29, 1.82) is 0 Å². The van der Waals surface area contributed by atoms with Crippen molar-refractivity contribution in [2.24, 2.45) is 0 Å². The first-order valence-corrected chi connectivity index (χ1v) is 9.99. The van der Waals surface area contributed by atoms with Crippen LogP contribution in [0.15, 0.2) is 58.4 Å². The van der Waals surface area contributed by atoms with E-state index in [-0.39, 0.29) is 29.1 Å². The molecule has 3 aromatic rings. The fourth-order valence-electron chi connectivity index (χ4n) is 3.83. The van der Waals surface area contributed by atoms with Crippen LogP contribution in [0.25, 0.3) is 5.69 Å². The van der Waals surface area contributed by atoms with E-state index in [0.717, 1.165) is 0 Å². The lowest BCUT2D eigenvalue weighted by molar-refractivity contribution is 0.0733. The fourth-order valence-corrected chi connectivity index (χ4v) is 3.83. The highest BCUT2D eigenvalue weighted by molar-refractivity contribution is 5.96. The highest BCUT2D eigenvalue weighted by Crippen LogP contribution is 2.24. The number of rotatable bonds is 3. The van der Waals surface area contributed by atoms with Gasteiger partial charge in [-0.15, -0.1) is 0 Å². The molecule has 0 fully saturated rings. The number of fused-ring (bicyclic) bond motifs is 1. The lowest BCUT2D eigenvalue weighted by Gasteiger charge is -2.31. The largest absolute Gasteiger partial charge is 0.345 e. The summed E-state index contributed by atoms with van der Waals surface area (Å²) in [6, 6.07) is 8.14. The van der Waals surface area contributed by atoms with Crippen molar-refractivity contribution < 1.29 is 14.0 Å². The maximum Gasteiger partial charge on any atom is 0.268 e. The molecule has 0 radical (unpaired) electrons. The average Bonchev–Trinajstić information content (AvgIpc) is 2.78. The van der Waals surface area contributed by atoms with Crippen molar-refractivity contribution in [3.63, 3.8) is 0 Å². The predicted molar refractivity (Wildman–Crippen MR) is 116 cm³/mol. The predicted octanol–water partition coefficient (Wildman–Crippen LogP) is 1.57. The topological polar surface area (TPSA) is 95.5 Å². The number of nitrogens with one attached hydrogen (secondary N) is 1. The number of carbonyl (C=O) groups excluding carboxylic acids is 2. The molecule has 2 aromatic heterocycles. The van der Waals surface area contributed by atoms with Gasteiger partial charge in [-0.2, -0.15) is 0 Å². The summed E-state index contributed by atoms with van der Waals surface area (Å²) in [4.78, 5) is 56.0. The quantitative estimate of drug-likeness (QED) is 0.674. The van der Waals surface area contributed by atoms with Gasteiger partial charge in [-0.1, -0.05) is 0 Å². The third-order valence-electron chi connectivity index (χ3n) is 5.43. The van der Waals surface area contributed by atoms with E-state index in [9.17, 15) is 23.6 Å². The van der Waals surface area contributed by atoms with Gasteiger partial charge in [0.15, 0.2) is 0 Å². The van der Waals surface area contributed by atoms with Gasteiger partial charge in [0.05, 0.1) is 0 Å². The Morgan fingerprint density at radius 1 is 1.09 bits per heavy atom. The van der Waals surface area contributed by atoms with Crippen LogP contribution in [0.4, 0.5) is 4.39 Å². The number of carbonyl (C=O) groups is 2. The molecule has 9 heteroatoms. The zero-order chi connectivity index (χ0) is 23.0. The minimum Gasteiger partial charge on any atom is -0.345 e. The van der Waals surface area contributed by atoms with Crippen LogP contribution < -0.4 is 11.1 Å². The van der Waals surface area contributed by atoms with E-state index >= 15 is 0 Å². The van der Waals surface area contributed by atoms with Gasteiger partial charge in [-0.3, -0.25) is 23.7 Å². The number of aromatic amines is 1. The van der Waals surface area contributed by atoms with Gasteiger partial charge < -0.3 is 14.8 Å². The first-order chi connectivity index (χ1) is 15.3. The number of hydrogen-bond donors (Lipinski definition) is 1. The van der Waals surface area contributed by atoms with Crippen molar-refractivity contribution >= 4 is 11.8 Å². The first-order valence-electron chi connectivity index (χ1n) is 9.99. The van der Waals surface area contributed by atoms with Crippen LogP contribution in [0, 0.1) is 5.82 Å². The van der Waals surface area contributed by atoms with Crippen LogP contribution in [0.3, 0.4) is 0 Å². The Morgan fingerprint density at radius 3 is 2.47 bits per heavy atom. The second-order valence-corrected chi connectivity index (χ2v) is 7.78. The Bertz CT molecular complexity index is 1330. The molecule has 0 unspecified atom stereocenters. The van der Waals surface area contributed by atoms with E-state index in [1.165, 1.54) is 52.1 Å². The Labute approximate surface area is 182 Å². The highest BCUT2D eigenvalue weighted by Gasteiger charge is 2.29. The van der Waals surface area contributed by atoms with Gasteiger partial charge in [-0.05, 0) is 47.9 Å². The number of benzene rings is 1. The number of hydrogen-bond acceptors (Lipinski definition) is 4. The highest BCUT2D eigenvalue weighted by atomic mass is 19.1. The molecule has 1 aromatic carbocycles. The number of nitrogens with zero attached hydrogens (tertiary/aromatic N) is 3. The SMILES string of the molecule is CN(C)C(=O)c1c2c(cn(-c3ccc(F)cc3)c1=O)CN(C(=O)c1cc[nH]c(=O)c1)CC2. The van der Waals surface area contributed by atoms with Gasteiger partial charge in [0.2, 0.25) is 5.56 Å². The molecule has 2 amide bonds. The zero-order valence-electron chi connectivity index (χ0n) is 17.6. The molecule has 1 N–H and O–H groups in total. The molecular formula is C23H21FN4O4. The van der Waals surface area contributed by atoms with E-state index in [0.29, 0.717) is 29.8 Å². The Kier molecular flexibility index (Phi) is 5.48. The van der Waals surface area contributed by atoms with Crippen LogP contribution in [-0.4, -0.2) is 51.8 Å². The van der Waals surface area contributed by atoms with Gasteiger partial charge in [0.1, 0.15) is 11.4 Å². The van der Waals surface area contributed by atoms with Gasteiger partial charge in [-0.25, -0.2) is 4.39 Å². The lowest BCUT2D eigenvalue weighted by Crippen LogP contribution is -2.41. The molecule has 0 atom stereocenters. The van der Waals surface area contributed by atoms with E-state index in [4.69, 9.17) is 0 Å². The summed E-state index contributed by atoms with van der Waals surface area (Å²) >= 11 is 0. The summed E-state index contributed by atoms with van der Waals surface area (Å²) in [5, 5.41) is 0. The number of H-pyrrole nitrogens is 1. The van der Waals surface area contributed by atoms with E-state index < -0.39 is 17.3 Å². The van der Waals surface area contributed by atoms with Crippen LogP contribution >= 0.6 is 0 Å². The minimum absolute atomic E-state index is 0.0417. The Morgan fingerprint density at radius 2 is 1.81 bits per heavy atom. The van der Waals surface area contributed by atoms with Crippen molar-refractivity contribution in [2.75, 3.05) is 20.6 Å². The summed E-state index contributed by atoms with van der Waals surface area (Å²) in [5.74, 6) is -1.20.